The fraction of sp³-hybridized carbons (Fsp3) is 0.185. The number of carbonyl (C=O) groups is 2. The molecular weight excluding hydrogens is 521 g/mol. The van der Waals surface area contributed by atoms with Crippen LogP contribution in [-0.4, -0.2) is 44.2 Å². The number of carbonyl (C=O) groups excluding carboxylic acids is 2. The number of aliphatic hydroxyl groups is 1. The molecule has 1 unspecified atom stereocenters. The fourth-order valence-electron chi connectivity index (χ4n) is 4.50. The Balaban J connectivity index is 1.75. The molecule has 8 nitrogen and oxygen atoms in total. The minimum Gasteiger partial charge on any atom is -0.507 e. The van der Waals surface area contributed by atoms with Crippen LogP contribution in [0, 0.1) is 0 Å². The number of hydrogen-bond acceptors (Lipinski definition) is 7. The van der Waals surface area contributed by atoms with E-state index in [9.17, 15) is 14.7 Å². The van der Waals surface area contributed by atoms with Gasteiger partial charge in [-0.15, -0.1) is 0 Å². The molecule has 2 aliphatic heterocycles. The topological polar surface area (TPSA) is 94.5 Å². The molecule has 1 saturated heterocycles. The van der Waals surface area contributed by atoms with E-state index in [0.29, 0.717) is 41.7 Å². The lowest BCUT2D eigenvalue weighted by Crippen LogP contribution is -2.29. The number of benzene rings is 3. The summed E-state index contributed by atoms with van der Waals surface area (Å²) in [5, 5.41) is 11.8. The number of aliphatic hydroxyl groups excluding tert-OH is 1. The lowest BCUT2D eigenvalue weighted by Gasteiger charge is -2.27. The van der Waals surface area contributed by atoms with Gasteiger partial charge in [0, 0.05) is 16.8 Å². The Morgan fingerprint density at radius 1 is 0.973 bits per heavy atom. The molecule has 0 spiro atoms. The third-order valence-electron chi connectivity index (χ3n) is 6.13. The zero-order chi connectivity index (χ0) is 26.3. The van der Waals surface area contributed by atoms with Crippen LogP contribution >= 0.6 is 23.2 Å². The molecule has 3 aromatic rings. The highest BCUT2D eigenvalue weighted by molar-refractivity contribution is 6.52. The molecule has 190 valence electrons. The smallest absolute Gasteiger partial charge is 0.300 e. The van der Waals surface area contributed by atoms with Crippen molar-refractivity contribution < 1.29 is 33.6 Å². The Kier molecular flexibility index (Phi) is 6.62. The molecule has 2 aliphatic rings. The summed E-state index contributed by atoms with van der Waals surface area (Å²) < 4.78 is 22.0. The first-order chi connectivity index (χ1) is 17.8. The van der Waals surface area contributed by atoms with Crippen LogP contribution in [0.2, 0.25) is 10.0 Å². The first-order valence-electron chi connectivity index (χ1n) is 11.2. The van der Waals surface area contributed by atoms with Crippen molar-refractivity contribution in [2.75, 3.05) is 32.3 Å². The first kappa shape index (κ1) is 24.8. The van der Waals surface area contributed by atoms with Gasteiger partial charge in [-0.05, 0) is 42.0 Å². The van der Waals surface area contributed by atoms with Gasteiger partial charge in [0.05, 0.1) is 36.4 Å². The maximum absolute atomic E-state index is 13.5. The van der Waals surface area contributed by atoms with Crippen LogP contribution in [0.4, 0.5) is 5.69 Å². The zero-order valence-corrected chi connectivity index (χ0v) is 21.3. The number of halogens is 2. The Labute approximate surface area is 222 Å². The predicted octanol–water partition coefficient (Wildman–Crippen LogP) is 5.41. The number of nitrogens with zero attached hydrogens (tertiary/aromatic N) is 1. The van der Waals surface area contributed by atoms with E-state index in [-0.39, 0.29) is 26.9 Å². The van der Waals surface area contributed by atoms with Gasteiger partial charge in [-0.25, -0.2) is 0 Å². The van der Waals surface area contributed by atoms with Gasteiger partial charge in [0.15, 0.2) is 11.5 Å². The Bertz CT molecular complexity index is 1450. The number of Topliss-reactive ketones (excluding diaryl/α,β-unsaturated/α-hetero) is 1. The monoisotopic (exact) mass is 541 g/mol. The van der Waals surface area contributed by atoms with E-state index in [0.717, 1.165) is 0 Å². The second-order valence-electron chi connectivity index (χ2n) is 8.24. The van der Waals surface area contributed by atoms with E-state index in [1.54, 1.807) is 42.5 Å². The second-order valence-corrected chi connectivity index (χ2v) is 9.09. The second kappa shape index (κ2) is 9.88. The molecule has 1 fully saturated rings. The lowest BCUT2D eigenvalue weighted by atomic mass is 9.94. The maximum atomic E-state index is 13.5. The number of rotatable bonds is 5. The molecule has 0 aromatic heterocycles. The molecule has 5 rings (SSSR count). The largest absolute Gasteiger partial charge is 0.507 e. The molecule has 0 aliphatic carbocycles. The Hall–Kier alpha value is -3.88. The molecule has 3 aromatic carbocycles. The van der Waals surface area contributed by atoms with E-state index in [1.807, 2.05) is 0 Å². The molecule has 37 heavy (non-hydrogen) atoms. The van der Waals surface area contributed by atoms with Crippen LogP contribution in [-0.2, 0) is 9.59 Å². The summed E-state index contributed by atoms with van der Waals surface area (Å²) >= 11 is 12.5. The summed E-state index contributed by atoms with van der Waals surface area (Å²) in [4.78, 5) is 28.3. The minimum absolute atomic E-state index is 0.0769. The van der Waals surface area contributed by atoms with Crippen molar-refractivity contribution in [2.45, 2.75) is 6.04 Å². The van der Waals surface area contributed by atoms with Crippen molar-refractivity contribution in [3.8, 4) is 23.0 Å². The van der Waals surface area contributed by atoms with E-state index in [1.165, 1.54) is 31.3 Å². The summed E-state index contributed by atoms with van der Waals surface area (Å²) in [6, 6.07) is 13.7. The summed E-state index contributed by atoms with van der Waals surface area (Å²) in [6.45, 7) is 0.759. The standard InChI is InChI=1S/C27H21Cl2NO7/c1-34-17-5-3-4-14(10-17)23-22(24(31)18-11-15(28)12-19(29)26(18)35-2)25(32)27(33)30(23)16-6-7-20-21(13-16)37-9-8-36-20/h3-7,10-13,23,31H,8-9H2,1-2H3/b24-22+. The normalized spacial score (nSPS) is 18.2. The average Bonchev–Trinajstić information content (AvgIpc) is 3.17. The van der Waals surface area contributed by atoms with Crippen LogP contribution in [0.1, 0.15) is 17.2 Å². The van der Waals surface area contributed by atoms with Crippen LogP contribution < -0.4 is 23.8 Å². The minimum atomic E-state index is -1.01. The van der Waals surface area contributed by atoms with Gasteiger partial charge in [-0.3, -0.25) is 14.5 Å². The summed E-state index contributed by atoms with van der Waals surface area (Å²) in [6.07, 6.45) is 0. The van der Waals surface area contributed by atoms with Gasteiger partial charge in [0.1, 0.15) is 30.5 Å². The molecule has 2 heterocycles. The highest BCUT2D eigenvalue weighted by Crippen LogP contribution is 2.46. The number of ketones is 1. The Morgan fingerprint density at radius 3 is 2.46 bits per heavy atom. The lowest BCUT2D eigenvalue weighted by molar-refractivity contribution is -0.132. The molecule has 0 radical (unpaired) electrons. The van der Waals surface area contributed by atoms with Gasteiger partial charge in [0.2, 0.25) is 0 Å². The molecular formula is C27H21Cl2NO7. The number of anilines is 1. The fourth-order valence-corrected chi connectivity index (χ4v) is 5.07. The quantitative estimate of drug-likeness (QED) is 0.262. The van der Waals surface area contributed by atoms with Crippen LogP contribution in [0.5, 0.6) is 23.0 Å². The number of fused-ring (bicyclic) bond motifs is 1. The average molecular weight is 542 g/mol. The van der Waals surface area contributed by atoms with Gasteiger partial charge < -0.3 is 24.1 Å². The molecule has 1 atom stereocenters. The number of methoxy groups -OCH3 is 2. The summed E-state index contributed by atoms with van der Waals surface area (Å²) in [5.41, 5.74) is 0.828. The van der Waals surface area contributed by atoms with Crippen molar-refractivity contribution in [3.05, 3.63) is 81.3 Å². The van der Waals surface area contributed by atoms with Crippen molar-refractivity contribution >= 4 is 46.3 Å². The molecule has 1 N–H and O–H groups in total. The maximum Gasteiger partial charge on any atom is 0.300 e. The third-order valence-corrected chi connectivity index (χ3v) is 6.62. The van der Waals surface area contributed by atoms with Crippen molar-refractivity contribution in [1.29, 1.82) is 0 Å². The number of ether oxygens (including phenoxy) is 4. The van der Waals surface area contributed by atoms with E-state index < -0.39 is 23.5 Å². The molecule has 0 saturated carbocycles. The molecule has 0 bridgehead atoms. The van der Waals surface area contributed by atoms with E-state index in [4.69, 9.17) is 42.1 Å². The van der Waals surface area contributed by atoms with Crippen molar-refractivity contribution in [3.63, 3.8) is 0 Å². The van der Waals surface area contributed by atoms with E-state index in [2.05, 4.69) is 0 Å². The van der Waals surface area contributed by atoms with Crippen LogP contribution in [0.15, 0.2) is 60.2 Å². The number of amides is 1. The molecule has 10 heteroatoms. The highest BCUT2D eigenvalue weighted by atomic mass is 35.5. The third kappa shape index (κ3) is 4.32. The van der Waals surface area contributed by atoms with Gasteiger partial charge >= 0.3 is 0 Å². The van der Waals surface area contributed by atoms with Gasteiger partial charge in [0.25, 0.3) is 11.7 Å². The van der Waals surface area contributed by atoms with Crippen molar-refractivity contribution in [1.82, 2.24) is 0 Å². The van der Waals surface area contributed by atoms with Crippen LogP contribution in [0.3, 0.4) is 0 Å². The zero-order valence-electron chi connectivity index (χ0n) is 19.8. The highest BCUT2D eigenvalue weighted by Gasteiger charge is 2.47. The SMILES string of the molecule is COc1cccc(C2/C(=C(\O)c3cc(Cl)cc(Cl)c3OC)C(=O)C(=O)N2c2ccc3c(c2)OCCO3)c1. The Morgan fingerprint density at radius 2 is 1.73 bits per heavy atom. The van der Waals surface area contributed by atoms with E-state index >= 15 is 0 Å². The summed E-state index contributed by atoms with van der Waals surface area (Å²) in [7, 11) is 2.88. The van der Waals surface area contributed by atoms with Gasteiger partial charge in [-0.1, -0.05) is 35.3 Å². The number of hydrogen-bond donors (Lipinski definition) is 1. The first-order valence-corrected chi connectivity index (χ1v) is 12.0. The van der Waals surface area contributed by atoms with Gasteiger partial charge in [-0.2, -0.15) is 0 Å². The predicted molar refractivity (Wildman–Crippen MR) is 138 cm³/mol. The summed E-state index contributed by atoms with van der Waals surface area (Å²) in [5.74, 6) is -0.614. The van der Waals surface area contributed by atoms with Crippen LogP contribution in [0.25, 0.3) is 5.76 Å². The molecule has 1 amide bonds. The van der Waals surface area contributed by atoms with Crippen molar-refractivity contribution in [2.24, 2.45) is 0 Å².